The van der Waals surface area contributed by atoms with E-state index in [1.54, 1.807) is 20.8 Å². The van der Waals surface area contributed by atoms with Gasteiger partial charge in [-0.25, -0.2) is 4.79 Å². The van der Waals surface area contributed by atoms with Gasteiger partial charge in [0.25, 0.3) is 0 Å². The van der Waals surface area contributed by atoms with E-state index in [4.69, 9.17) is 19.6 Å². The van der Waals surface area contributed by atoms with Crippen molar-refractivity contribution in [1.82, 2.24) is 5.32 Å². The van der Waals surface area contributed by atoms with Crippen molar-refractivity contribution in [2.75, 3.05) is 0 Å². The summed E-state index contributed by atoms with van der Waals surface area (Å²) in [6.07, 6.45) is -12.4. The van der Waals surface area contributed by atoms with Crippen LogP contribution in [0.1, 0.15) is 55.9 Å². The lowest BCUT2D eigenvalue weighted by Gasteiger charge is -2.31. The number of aliphatic hydroxyl groups excluding tert-OH is 1. The minimum absolute atomic E-state index is 0.819. The number of hydrogen-bond acceptors (Lipinski definition) is 4. The predicted molar refractivity (Wildman–Crippen MR) is 66.7 cm³/mol. The zero-order valence-electron chi connectivity index (χ0n) is 17.6. The Morgan fingerprint density at radius 1 is 1.72 bits per heavy atom. The molecule has 0 saturated heterocycles. The Labute approximate surface area is 118 Å². The number of nitrogens with one attached hydrogen (secondary N) is 1. The van der Waals surface area contributed by atoms with Crippen molar-refractivity contribution in [3.05, 3.63) is 0 Å². The molecule has 0 aromatic carbocycles. The molecule has 0 radical (unpaired) electrons. The van der Waals surface area contributed by atoms with Crippen LogP contribution in [0.3, 0.4) is 0 Å². The van der Waals surface area contributed by atoms with Crippen LogP contribution in [0, 0.1) is 17.2 Å². The summed E-state index contributed by atoms with van der Waals surface area (Å²) in [6.45, 7) is 4.73. The van der Waals surface area contributed by atoms with E-state index in [0.717, 1.165) is 0 Å². The molecule has 2 unspecified atom stereocenters. The van der Waals surface area contributed by atoms with E-state index in [1.807, 2.05) is 0 Å². The van der Waals surface area contributed by atoms with Gasteiger partial charge >= 0.3 is 6.09 Å². The van der Waals surface area contributed by atoms with Crippen molar-refractivity contribution in [3.8, 4) is 6.07 Å². The maximum atomic E-state index is 11.9. The summed E-state index contributed by atoms with van der Waals surface area (Å²) in [5.74, 6) is -2.62. The minimum Gasteiger partial charge on any atom is -0.444 e. The number of alkyl carbamates (subject to hydrolysis) is 1. The monoisotopic (exact) mass is 261 g/mol. The number of nitriles is 1. The van der Waals surface area contributed by atoms with E-state index < -0.39 is 55.3 Å². The Morgan fingerprint density at radius 3 is 2.83 bits per heavy atom. The summed E-state index contributed by atoms with van der Waals surface area (Å²) in [5.41, 5.74) is -0.887. The zero-order valence-corrected chi connectivity index (χ0v) is 10.6. The van der Waals surface area contributed by atoms with Crippen LogP contribution in [0.4, 0.5) is 4.79 Å². The summed E-state index contributed by atoms with van der Waals surface area (Å²) in [6, 6.07) is -0.0725. The van der Waals surface area contributed by atoms with Crippen molar-refractivity contribution < 1.29 is 24.2 Å². The second-order valence-electron chi connectivity index (χ2n) is 4.88. The van der Waals surface area contributed by atoms with Crippen LogP contribution >= 0.6 is 0 Å². The van der Waals surface area contributed by atoms with Crippen LogP contribution < -0.4 is 5.32 Å². The highest BCUT2D eigenvalue weighted by Crippen LogP contribution is 2.31. The molecule has 0 heterocycles. The standard InChI is InChI=1S/C13H22N2O3/c1-13(2,3)18-12(17)15-10(11(16)8-14)7-9-5-4-6-9/h9-11,16H,4-7H2,1-3H3,(H,15,17)/i4D2,5D2,6D2,9D. The van der Waals surface area contributed by atoms with Crippen molar-refractivity contribution in [2.24, 2.45) is 5.89 Å². The molecule has 2 N–H and O–H groups in total. The lowest BCUT2D eigenvalue weighted by molar-refractivity contribution is 0.0432. The Bertz CT molecular complexity index is 565. The van der Waals surface area contributed by atoms with Crippen LogP contribution in [-0.2, 0) is 4.74 Å². The Hall–Kier alpha value is -1.28. The highest BCUT2D eigenvalue weighted by molar-refractivity contribution is 5.68. The number of ether oxygens (including phenoxy) is 1. The maximum Gasteiger partial charge on any atom is 0.407 e. The molecule has 102 valence electrons. The minimum atomic E-state index is -2.93. The third-order valence-corrected chi connectivity index (χ3v) is 2.07. The molecule has 1 fully saturated rings. The van der Waals surface area contributed by atoms with Crippen molar-refractivity contribution in [2.45, 2.75) is 64.1 Å². The molecule has 0 spiro atoms. The molecule has 1 aliphatic carbocycles. The first kappa shape index (κ1) is 7.34. The van der Waals surface area contributed by atoms with Crippen LogP contribution in [0.5, 0.6) is 0 Å². The quantitative estimate of drug-likeness (QED) is 0.758. The van der Waals surface area contributed by atoms with E-state index in [2.05, 4.69) is 5.32 Å². The highest BCUT2D eigenvalue weighted by Gasteiger charge is 2.29. The molecule has 0 bridgehead atoms. The van der Waals surface area contributed by atoms with E-state index in [-0.39, 0.29) is 0 Å². The fraction of sp³-hybridized carbons (Fsp3) is 0.846. The summed E-state index contributed by atoms with van der Waals surface area (Å²) in [5, 5.41) is 20.8. The second kappa shape index (κ2) is 6.05. The molecule has 5 nitrogen and oxygen atoms in total. The first-order valence-corrected chi connectivity index (χ1v) is 5.52. The molecule has 0 aromatic rings. The molecular weight excluding hydrogens is 232 g/mol. The largest absolute Gasteiger partial charge is 0.444 e. The number of aliphatic hydroxyl groups is 1. The van der Waals surface area contributed by atoms with Gasteiger partial charge in [0.1, 0.15) is 5.60 Å². The van der Waals surface area contributed by atoms with Crippen LogP contribution in [0.25, 0.3) is 0 Å². The molecule has 18 heavy (non-hydrogen) atoms. The SMILES string of the molecule is [2H]C1([2H])C([2H])([2H])C([2H])(CC(NC(=O)OC(C)(C)C)C(O)C#N)C1([2H])[2H]. The average Bonchev–Trinajstić information content (AvgIpc) is 2.42. The van der Waals surface area contributed by atoms with Crippen LogP contribution in [0.2, 0.25) is 0 Å². The van der Waals surface area contributed by atoms with Gasteiger partial charge in [-0.15, -0.1) is 0 Å². The third kappa shape index (κ3) is 4.92. The van der Waals surface area contributed by atoms with Gasteiger partial charge in [0.2, 0.25) is 0 Å². The summed E-state index contributed by atoms with van der Waals surface area (Å²) in [7, 11) is 0. The smallest absolute Gasteiger partial charge is 0.407 e. The number of hydrogen-bond donors (Lipinski definition) is 2. The molecule has 0 aliphatic heterocycles. The number of carbonyl (C=O) groups excluding carboxylic acids is 1. The van der Waals surface area contributed by atoms with E-state index in [1.165, 1.54) is 6.07 Å². The molecule has 1 saturated carbocycles. The van der Waals surface area contributed by atoms with Crippen molar-refractivity contribution >= 4 is 6.09 Å². The van der Waals surface area contributed by atoms with Crippen LogP contribution in [-0.4, -0.2) is 28.9 Å². The number of rotatable bonds is 4. The third-order valence-electron chi connectivity index (χ3n) is 2.07. The lowest BCUT2D eigenvalue weighted by atomic mass is 9.80. The van der Waals surface area contributed by atoms with Gasteiger partial charge in [0.15, 0.2) is 6.10 Å². The van der Waals surface area contributed by atoms with Gasteiger partial charge < -0.3 is 15.2 Å². The normalized spacial score (nSPS) is 35.2. The highest BCUT2D eigenvalue weighted by atomic mass is 16.6. The summed E-state index contributed by atoms with van der Waals surface area (Å²) in [4.78, 5) is 11.9. The van der Waals surface area contributed by atoms with Crippen molar-refractivity contribution in [1.29, 1.82) is 5.26 Å². The molecule has 2 atom stereocenters. The Morgan fingerprint density at radius 2 is 2.33 bits per heavy atom. The topological polar surface area (TPSA) is 82.3 Å². The van der Waals surface area contributed by atoms with E-state index in [9.17, 15) is 9.90 Å². The zero-order chi connectivity index (χ0) is 20.1. The van der Waals surface area contributed by atoms with E-state index in [0.29, 0.717) is 0 Å². The number of amides is 1. The summed E-state index contributed by atoms with van der Waals surface area (Å²) >= 11 is 0. The maximum absolute atomic E-state index is 11.9. The molecule has 5 heteroatoms. The van der Waals surface area contributed by atoms with Gasteiger partial charge in [-0.1, -0.05) is 19.1 Å². The van der Waals surface area contributed by atoms with Gasteiger partial charge in [-0.2, -0.15) is 5.26 Å². The van der Waals surface area contributed by atoms with Gasteiger partial charge in [0, 0.05) is 9.60 Å². The number of nitrogens with zero attached hydrogens (tertiary/aromatic N) is 1. The first-order valence-electron chi connectivity index (χ1n) is 9.02. The molecule has 0 aromatic heterocycles. The van der Waals surface area contributed by atoms with Gasteiger partial charge in [0.05, 0.1) is 12.1 Å². The Kier molecular flexibility index (Phi) is 2.47. The summed E-state index contributed by atoms with van der Waals surface area (Å²) < 4.78 is 59.2. The predicted octanol–water partition coefficient (Wildman–Crippen LogP) is 1.95. The van der Waals surface area contributed by atoms with Gasteiger partial charge in [-0.3, -0.25) is 0 Å². The first-order chi connectivity index (χ1) is 10.9. The van der Waals surface area contributed by atoms with Gasteiger partial charge in [-0.05, 0) is 33.1 Å². The molecule has 1 rings (SSSR count). The second-order valence-corrected chi connectivity index (χ2v) is 4.88. The average molecular weight is 261 g/mol. The van der Waals surface area contributed by atoms with E-state index >= 15 is 0 Å². The number of carbonyl (C=O) groups is 1. The Balaban J connectivity index is 3.08. The van der Waals surface area contributed by atoms with Crippen LogP contribution in [0.15, 0.2) is 0 Å². The molecular formula is C13H22N2O3. The molecule has 1 aliphatic rings. The molecule has 1 amide bonds. The fourth-order valence-corrected chi connectivity index (χ4v) is 1.26. The van der Waals surface area contributed by atoms with Crippen molar-refractivity contribution in [3.63, 3.8) is 0 Å². The lowest BCUT2D eigenvalue weighted by Crippen LogP contribution is -2.46. The fourth-order valence-electron chi connectivity index (χ4n) is 1.26.